The van der Waals surface area contributed by atoms with Gasteiger partial charge >= 0.3 is 0 Å². The molecule has 0 aliphatic carbocycles. The molecule has 3 heterocycles. The molecule has 22 heavy (non-hydrogen) atoms. The lowest BCUT2D eigenvalue weighted by Crippen LogP contribution is -2.54. The predicted molar refractivity (Wildman–Crippen MR) is 82.4 cm³/mol. The molecule has 2 bridgehead atoms. The lowest BCUT2D eigenvalue weighted by molar-refractivity contribution is -0.134. The van der Waals surface area contributed by atoms with Crippen LogP contribution in [0.3, 0.4) is 0 Å². The van der Waals surface area contributed by atoms with Crippen molar-refractivity contribution in [3.8, 4) is 6.07 Å². The summed E-state index contributed by atoms with van der Waals surface area (Å²) < 4.78 is 0. The van der Waals surface area contributed by atoms with Crippen molar-refractivity contribution in [1.29, 1.82) is 5.26 Å². The molecule has 2 saturated heterocycles. The molecule has 0 aromatic heterocycles. The van der Waals surface area contributed by atoms with Crippen LogP contribution in [0, 0.1) is 11.3 Å². The Morgan fingerprint density at radius 2 is 2.18 bits per heavy atom. The highest BCUT2D eigenvalue weighted by Crippen LogP contribution is 2.36. The third-order valence-electron chi connectivity index (χ3n) is 4.67. The van der Waals surface area contributed by atoms with E-state index in [-0.39, 0.29) is 6.29 Å². The van der Waals surface area contributed by atoms with E-state index < -0.39 is 0 Å². The van der Waals surface area contributed by atoms with Crippen LogP contribution < -0.4 is 4.90 Å². The number of allylic oxidation sites excluding steroid dienone is 1. The van der Waals surface area contributed by atoms with Gasteiger partial charge in [0.05, 0.1) is 11.6 Å². The van der Waals surface area contributed by atoms with E-state index in [4.69, 9.17) is 5.26 Å². The minimum atomic E-state index is -0.312. The molecule has 0 amide bonds. The highest BCUT2D eigenvalue weighted by atomic mass is 16.5. The number of nitrogens with zero attached hydrogens (tertiary/aromatic N) is 5. The summed E-state index contributed by atoms with van der Waals surface area (Å²) in [5.41, 5.74) is 1.81. The molecule has 0 spiro atoms. The van der Waals surface area contributed by atoms with Crippen LogP contribution in [0.1, 0.15) is 12.0 Å². The number of aliphatic imine (C=N–C) groups is 1. The third kappa shape index (κ3) is 2.06. The van der Waals surface area contributed by atoms with Crippen molar-refractivity contribution in [2.24, 2.45) is 4.99 Å². The maximum absolute atomic E-state index is 9.95. The van der Waals surface area contributed by atoms with Crippen molar-refractivity contribution in [3.05, 3.63) is 42.1 Å². The Morgan fingerprint density at radius 3 is 2.91 bits per heavy atom. The Bertz CT molecular complexity index is 679. The zero-order chi connectivity index (χ0) is 15.1. The van der Waals surface area contributed by atoms with Gasteiger partial charge in [0.25, 0.3) is 0 Å². The van der Waals surface area contributed by atoms with E-state index in [1.807, 2.05) is 18.2 Å². The Hall–Kier alpha value is -2.36. The van der Waals surface area contributed by atoms with Gasteiger partial charge in [0.15, 0.2) is 0 Å². The number of nitriles is 1. The summed E-state index contributed by atoms with van der Waals surface area (Å²) in [6.07, 6.45) is 5.85. The van der Waals surface area contributed by atoms with E-state index in [1.165, 1.54) is 5.06 Å². The fourth-order valence-corrected chi connectivity index (χ4v) is 3.69. The van der Waals surface area contributed by atoms with Crippen LogP contribution in [0.2, 0.25) is 0 Å². The van der Waals surface area contributed by atoms with E-state index in [0.717, 1.165) is 25.2 Å². The van der Waals surface area contributed by atoms with E-state index in [1.54, 1.807) is 18.5 Å². The monoisotopic (exact) mass is 295 g/mol. The van der Waals surface area contributed by atoms with Gasteiger partial charge in [-0.15, -0.1) is 0 Å². The first-order valence-corrected chi connectivity index (χ1v) is 7.46. The van der Waals surface area contributed by atoms with Crippen LogP contribution in [-0.4, -0.2) is 52.8 Å². The zero-order valence-corrected chi connectivity index (χ0v) is 12.1. The summed E-state index contributed by atoms with van der Waals surface area (Å²) in [4.78, 5) is 8.98. The lowest BCUT2D eigenvalue weighted by atomic mass is 10.2. The topological polar surface area (TPSA) is 66.1 Å². The van der Waals surface area contributed by atoms with E-state index in [2.05, 4.69) is 26.9 Å². The van der Waals surface area contributed by atoms with Crippen LogP contribution in [0.15, 0.2) is 41.5 Å². The van der Waals surface area contributed by atoms with Gasteiger partial charge in [-0.1, -0.05) is 6.07 Å². The Kier molecular flexibility index (Phi) is 3.10. The maximum atomic E-state index is 9.95. The molecule has 112 valence electrons. The standard InChI is InChI=1S/C16H17N5O/c17-9-12-3-1-4-13(7-12)19-10-15-8-14(19)11-20(15)16-18-5-2-6-21(16)22/h1-7,14-16,22H,8,10-11H2. The molecule has 1 N–H and O–H groups in total. The van der Waals surface area contributed by atoms with Crippen LogP contribution in [0.25, 0.3) is 0 Å². The van der Waals surface area contributed by atoms with Gasteiger partial charge < -0.3 is 4.90 Å². The average Bonchev–Trinajstić information content (AvgIpc) is 3.16. The molecule has 3 aliphatic rings. The van der Waals surface area contributed by atoms with Crippen LogP contribution >= 0.6 is 0 Å². The van der Waals surface area contributed by atoms with Gasteiger partial charge in [-0.3, -0.25) is 15.1 Å². The highest BCUT2D eigenvalue weighted by molar-refractivity contribution is 5.71. The summed E-state index contributed by atoms with van der Waals surface area (Å²) in [6, 6.07) is 10.8. The van der Waals surface area contributed by atoms with Crippen molar-refractivity contribution in [2.45, 2.75) is 24.8 Å². The Balaban J connectivity index is 1.51. The number of hydrogen-bond donors (Lipinski definition) is 1. The molecule has 3 atom stereocenters. The minimum Gasteiger partial charge on any atom is -0.366 e. The minimum absolute atomic E-state index is 0.312. The number of hydrogen-bond acceptors (Lipinski definition) is 6. The van der Waals surface area contributed by atoms with E-state index in [9.17, 15) is 5.21 Å². The summed E-state index contributed by atoms with van der Waals surface area (Å²) in [7, 11) is 0. The Labute approximate surface area is 129 Å². The molecule has 3 unspecified atom stereocenters. The molecular weight excluding hydrogens is 278 g/mol. The quantitative estimate of drug-likeness (QED) is 0.893. The molecule has 1 aromatic carbocycles. The summed E-state index contributed by atoms with van der Waals surface area (Å²) >= 11 is 0. The number of hydroxylamine groups is 2. The first-order chi connectivity index (χ1) is 10.8. The molecule has 3 aliphatic heterocycles. The number of fused-ring (bicyclic) bond motifs is 2. The molecule has 0 saturated carbocycles. The van der Waals surface area contributed by atoms with Crippen molar-refractivity contribution in [3.63, 3.8) is 0 Å². The van der Waals surface area contributed by atoms with Crippen molar-refractivity contribution < 1.29 is 5.21 Å². The molecule has 4 rings (SSSR count). The number of benzene rings is 1. The summed E-state index contributed by atoms with van der Waals surface area (Å²) in [6.45, 7) is 1.78. The van der Waals surface area contributed by atoms with E-state index >= 15 is 0 Å². The van der Waals surface area contributed by atoms with Gasteiger partial charge in [0.1, 0.15) is 0 Å². The smallest absolute Gasteiger partial charge is 0.201 e. The lowest BCUT2D eigenvalue weighted by Gasteiger charge is -2.40. The second-order valence-corrected chi connectivity index (χ2v) is 5.92. The summed E-state index contributed by atoms with van der Waals surface area (Å²) in [5.74, 6) is 0. The largest absolute Gasteiger partial charge is 0.366 e. The van der Waals surface area contributed by atoms with Gasteiger partial charge in [-0.25, -0.2) is 5.06 Å². The third-order valence-corrected chi connectivity index (χ3v) is 4.67. The number of anilines is 1. The van der Waals surface area contributed by atoms with Gasteiger partial charge in [-0.05, 0) is 30.7 Å². The molecule has 1 aromatic rings. The SMILES string of the molecule is N#Cc1cccc(N2CC3CC2CN3C2N=CC=CN2O)c1. The average molecular weight is 295 g/mol. The number of piperazine rings is 1. The van der Waals surface area contributed by atoms with Crippen LogP contribution in [0.5, 0.6) is 0 Å². The van der Waals surface area contributed by atoms with Crippen molar-refractivity contribution >= 4 is 11.9 Å². The van der Waals surface area contributed by atoms with Crippen LogP contribution in [0.4, 0.5) is 5.69 Å². The fourth-order valence-electron chi connectivity index (χ4n) is 3.69. The first-order valence-electron chi connectivity index (χ1n) is 7.46. The Morgan fingerprint density at radius 1 is 1.27 bits per heavy atom. The van der Waals surface area contributed by atoms with Gasteiger partial charge in [0, 0.05) is 43.3 Å². The van der Waals surface area contributed by atoms with Crippen molar-refractivity contribution in [2.75, 3.05) is 18.0 Å². The van der Waals surface area contributed by atoms with Gasteiger partial charge in [0.2, 0.25) is 6.29 Å². The van der Waals surface area contributed by atoms with E-state index in [0.29, 0.717) is 17.6 Å². The van der Waals surface area contributed by atoms with Gasteiger partial charge in [-0.2, -0.15) is 5.26 Å². The first kappa shape index (κ1) is 13.3. The highest BCUT2D eigenvalue weighted by Gasteiger charge is 2.46. The molecular formula is C16H17N5O. The molecule has 6 nitrogen and oxygen atoms in total. The van der Waals surface area contributed by atoms with Crippen LogP contribution in [-0.2, 0) is 0 Å². The second-order valence-electron chi connectivity index (χ2n) is 5.92. The molecule has 6 heteroatoms. The number of rotatable bonds is 2. The second kappa shape index (κ2) is 5.13. The molecule has 0 radical (unpaired) electrons. The normalized spacial score (nSPS) is 30.1. The maximum Gasteiger partial charge on any atom is 0.201 e. The number of likely N-dealkylation sites (tertiary alicyclic amines) is 1. The van der Waals surface area contributed by atoms with Crippen molar-refractivity contribution in [1.82, 2.24) is 9.96 Å². The zero-order valence-electron chi connectivity index (χ0n) is 12.1. The molecule has 2 fully saturated rings. The summed E-state index contributed by atoms with van der Waals surface area (Å²) in [5, 5.41) is 20.2. The predicted octanol–water partition coefficient (Wildman–Crippen LogP) is 1.39. The fraction of sp³-hybridized carbons (Fsp3) is 0.375.